The van der Waals surface area contributed by atoms with E-state index in [2.05, 4.69) is 27.1 Å². The highest BCUT2D eigenvalue weighted by Crippen LogP contribution is 2.24. The summed E-state index contributed by atoms with van der Waals surface area (Å²) < 4.78 is 0. The summed E-state index contributed by atoms with van der Waals surface area (Å²) in [4.78, 5) is 22.5. The fourth-order valence-corrected chi connectivity index (χ4v) is 3.90. The Hall–Kier alpha value is -2.06. The maximum Gasteiger partial charge on any atom is 0.287 e. The largest absolute Gasteiger partial charge is 0.367 e. The van der Waals surface area contributed by atoms with Crippen molar-refractivity contribution in [1.29, 1.82) is 0 Å². The smallest absolute Gasteiger partial charge is 0.287 e. The van der Waals surface area contributed by atoms with Crippen LogP contribution in [-0.2, 0) is 6.54 Å². The Balaban J connectivity index is 1.54. The van der Waals surface area contributed by atoms with Gasteiger partial charge < -0.3 is 5.32 Å². The normalized spacial score (nSPS) is 21.6. The molecular weight excluding hydrogens is 326 g/mol. The average molecular weight is 347 g/mol. The number of rotatable bonds is 5. The lowest BCUT2D eigenvalue weighted by Gasteiger charge is -2.37. The number of thiazole rings is 1. The highest BCUT2D eigenvalue weighted by atomic mass is 32.1. The van der Waals surface area contributed by atoms with Crippen LogP contribution in [0.15, 0.2) is 24.5 Å². The zero-order valence-electron chi connectivity index (χ0n) is 13.8. The van der Waals surface area contributed by atoms with E-state index < -0.39 is 4.92 Å². The van der Waals surface area contributed by atoms with Gasteiger partial charge in [0.2, 0.25) is 0 Å². The molecule has 0 aliphatic carbocycles. The monoisotopic (exact) mass is 347 g/mol. The molecule has 7 nitrogen and oxygen atoms in total. The van der Waals surface area contributed by atoms with Gasteiger partial charge in [-0.2, -0.15) is 0 Å². The van der Waals surface area contributed by atoms with Crippen LogP contribution < -0.4 is 5.32 Å². The van der Waals surface area contributed by atoms with Crippen molar-refractivity contribution in [2.45, 2.75) is 32.9 Å². The maximum atomic E-state index is 10.7. The van der Waals surface area contributed by atoms with Gasteiger partial charge >= 0.3 is 0 Å². The number of aromatic nitrogens is 2. The van der Waals surface area contributed by atoms with Crippen molar-refractivity contribution in [1.82, 2.24) is 14.9 Å². The summed E-state index contributed by atoms with van der Waals surface area (Å²) in [5, 5.41) is 15.2. The first-order chi connectivity index (χ1) is 11.5. The summed E-state index contributed by atoms with van der Waals surface area (Å²) in [6, 6.07) is 3.50. The molecule has 0 amide bonds. The molecule has 0 radical (unpaired) electrons. The molecule has 0 bridgehead atoms. The fourth-order valence-electron chi connectivity index (χ4n) is 3.06. The number of anilines is 1. The van der Waals surface area contributed by atoms with Crippen LogP contribution in [0.2, 0.25) is 0 Å². The Morgan fingerprint density at radius 2 is 2.25 bits per heavy atom. The molecule has 8 heteroatoms. The van der Waals surface area contributed by atoms with Crippen LogP contribution in [0, 0.1) is 23.0 Å². The second-order valence-electron chi connectivity index (χ2n) is 6.26. The molecule has 24 heavy (non-hydrogen) atoms. The van der Waals surface area contributed by atoms with Crippen LogP contribution in [0.5, 0.6) is 0 Å². The van der Waals surface area contributed by atoms with Crippen LogP contribution in [0.3, 0.4) is 0 Å². The number of likely N-dealkylation sites (tertiary alicyclic amines) is 1. The third-order valence-corrected chi connectivity index (χ3v) is 5.23. The van der Waals surface area contributed by atoms with E-state index in [1.807, 2.05) is 13.1 Å². The Bertz CT molecular complexity index is 703. The van der Waals surface area contributed by atoms with E-state index in [0.717, 1.165) is 31.1 Å². The van der Waals surface area contributed by atoms with E-state index in [0.29, 0.717) is 17.8 Å². The molecule has 0 spiro atoms. The number of hydrogen-bond acceptors (Lipinski definition) is 7. The Morgan fingerprint density at radius 1 is 1.42 bits per heavy atom. The minimum Gasteiger partial charge on any atom is -0.367 e. The van der Waals surface area contributed by atoms with E-state index in [9.17, 15) is 10.1 Å². The molecule has 3 heterocycles. The van der Waals surface area contributed by atoms with Crippen molar-refractivity contribution < 1.29 is 4.92 Å². The highest BCUT2D eigenvalue weighted by Gasteiger charge is 2.26. The lowest BCUT2D eigenvalue weighted by molar-refractivity contribution is -0.385. The van der Waals surface area contributed by atoms with Crippen molar-refractivity contribution in [3.8, 4) is 0 Å². The molecule has 1 aliphatic heterocycles. The van der Waals surface area contributed by atoms with Gasteiger partial charge in [-0.3, -0.25) is 15.0 Å². The first-order valence-electron chi connectivity index (χ1n) is 8.02. The molecular formula is C16H21N5O2S. The predicted molar refractivity (Wildman–Crippen MR) is 94.2 cm³/mol. The molecule has 2 atom stereocenters. The van der Waals surface area contributed by atoms with Gasteiger partial charge in [0.05, 0.1) is 9.93 Å². The highest BCUT2D eigenvalue weighted by molar-refractivity contribution is 7.11. The molecule has 2 aromatic rings. The second kappa shape index (κ2) is 7.23. The van der Waals surface area contributed by atoms with E-state index >= 15 is 0 Å². The molecule has 1 aliphatic rings. The van der Waals surface area contributed by atoms with Gasteiger partial charge in [-0.15, -0.1) is 11.3 Å². The number of aryl methyl sites for hydroxylation is 1. The van der Waals surface area contributed by atoms with Crippen molar-refractivity contribution in [2.75, 3.05) is 18.4 Å². The first-order valence-corrected chi connectivity index (χ1v) is 8.83. The fraction of sp³-hybridized carbons (Fsp3) is 0.500. The lowest BCUT2D eigenvalue weighted by atomic mass is 9.94. The van der Waals surface area contributed by atoms with Crippen molar-refractivity contribution in [3.63, 3.8) is 0 Å². The number of pyridine rings is 1. The summed E-state index contributed by atoms with van der Waals surface area (Å²) in [6.45, 7) is 7.25. The lowest BCUT2D eigenvalue weighted by Crippen LogP contribution is -2.44. The number of nitrogens with zero attached hydrogens (tertiary/aromatic N) is 4. The summed E-state index contributed by atoms with van der Waals surface area (Å²) in [7, 11) is 0. The van der Waals surface area contributed by atoms with Gasteiger partial charge in [-0.05, 0) is 25.3 Å². The third-order valence-electron chi connectivity index (χ3n) is 4.33. The van der Waals surface area contributed by atoms with Gasteiger partial charge in [-0.1, -0.05) is 6.92 Å². The second-order valence-corrected chi connectivity index (χ2v) is 7.58. The Morgan fingerprint density at radius 3 is 2.83 bits per heavy atom. The maximum absolute atomic E-state index is 10.7. The molecule has 3 rings (SSSR count). The summed E-state index contributed by atoms with van der Waals surface area (Å²) in [5.41, 5.74) is 0.0169. The minimum atomic E-state index is -0.432. The van der Waals surface area contributed by atoms with E-state index in [1.165, 1.54) is 17.1 Å². The quantitative estimate of drug-likeness (QED) is 0.661. The zero-order chi connectivity index (χ0) is 17.1. The molecule has 0 saturated carbocycles. The molecule has 1 N–H and O–H groups in total. The van der Waals surface area contributed by atoms with Gasteiger partial charge in [0.1, 0.15) is 12.0 Å². The van der Waals surface area contributed by atoms with Crippen LogP contribution >= 0.6 is 11.3 Å². The number of hydrogen-bond donors (Lipinski definition) is 1. The van der Waals surface area contributed by atoms with E-state index in [1.54, 1.807) is 17.4 Å². The SMILES string of the molecule is Cc1ncc(CN2CC[C@H](Nc3ccc([N+](=O)[O-])cn3)[C@@H](C)C2)s1. The standard InChI is InChI=1S/C16H21N5O2S/c1-11-9-20(10-14-8-17-12(2)24-14)6-5-15(11)19-16-4-3-13(7-18-16)21(22)23/h3-4,7-8,11,15H,5-6,9-10H2,1-2H3,(H,18,19)/t11-,15-/m0/s1. The number of nitrogens with one attached hydrogen (secondary N) is 1. The summed E-state index contributed by atoms with van der Waals surface area (Å²) in [6.07, 6.45) is 4.29. The van der Waals surface area contributed by atoms with E-state index in [4.69, 9.17) is 0 Å². The van der Waals surface area contributed by atoms with Crippen LogP contribution in [-0.4, -0.2) is 38.9 Å². The Labute approximate surface area is 144 Å². The van der Waals surface area contributed by atoms with Crippen LogP contribution in [0.25, 0.3) is 0 Å². The van der Waals surface area contributed by atoms with Crippen molar-refractivity contribution in [2.24, 2.45) is 5.92 Å². The number of piperidine rings is 1. The van der Waals surface area contributed by atoms with Gasteiger partial charge in [0, 0.05) is 42.8 Å². The zero-order valence-corrected chi connectivity index (χ0v) is 14.6. The molecule has 2 aromatic heterocycles. The van der Waals surface area contributed by atoms with Gasteiger partial charge in [0.15, 0.2) is 0 Å². The third kappa shape index (κ3) is 4.07. The molecule has 1 saturated heterocycles. The topological polar surface area (TPSA) is 84.2 Å². The minimum absolute atomic E-state index is 0.0169. The molecule has 0 aromatic carbocycles. The summed E-state index contributed by atoms with van der Waals surface area (Å²) in [5.74, 6) is 1.17. The van der Waals surface area contributed by atoms with Crippen LogP contribution in [0.4, 0.5) is 11.5 Å². The van der Waals surface area contributed by atoms with Crippen LogP contribution in [0.1, 0.15) is 23.2 Å². The predicted octanol–water partition coefficient (Wildman–Crippen LogP) is 3.08. The molecule has 0 unspecified atom stereocenters. The molecule has 128 valence electrons. The van der Waals surface area contributed by atoms with Crippen molar-refractivity contribution >= 4 is 22.8 Å². The van der Waals surface area contributed by atoms with Crippen molar-refractivity contribution in [3.05, 3.63) is 44.5 Å². The number of nitro groups is 1. The van der Waals surface area contributed by atoms with Gasteiger partial charge in [-0.25, -0.2) is 9.97 Å². The Kier molecular flexibility index (Phi) is 5.06. The average Bonchev–Trinajstić information content (AvgIpc) is 2.95. The first kappa shape index (κ1) is 16.8. The summed E-state index contributed by atoms with van der Waals surface area (Å²) >= 11 is 1.76. The van der Waals surface area contributed by atoms with E-state index in [-0.39, 0.29) is 5.69 Å². The molecule has 1 fully saturated rings. The van der Waals surface area contributed by atoms with Gasteiger partial charge in [0.25, 0.3) is 5.69 Å².